The maximum Gasteiger partial charge on any atom is 0.329 e. The third kappa shape index (κ3) is 2.92. The first kappa shape index (κ1) is 13.5. The van der Waals surface area contributed by atoms with E-state index in [4.69, 9.17) is 0 Å². The Hall–Kier alpha value is -1.91. The molecule has 0 aliphatic heterocycles. The van der Waals surface area contributed by atoms with Crippen LogP contribution in [-0.2, 0) is 16.0 Å². The molecule has 1 aliphatic rings. The number of carbonyl (C=O) groups excluding carboxylic acids is 1. The van der Waals surface area contributed by atoms with Crippen LogP contribution in [0.5, 0.6) is 0 Å². The summed E-state index contributed by atoms with van der Waals surface area (Å²) in [4.78, 5) is 23.1. The van der Waals surface area contributed by atoms with Gasteiger partial charge in [-0.2, -0.15) is 0 Å². The standard InChI is InChI=1S/C14H16FNO3/c1-14(13(18)19,10-6-7-10)16-12(17)8-9-4-2-3-5-11(9)15/h2-5,10H,6-8H2,1H3,(H,16,17)(H,18,19). The van der Waals surface area contributed by atoms with Crippen molar-refractivity contribution in [3.8, 4) is 0 Å². The fourth-order valence-electron chi connectivity index (χ4n) is 2.14. The molecule has 1 amide bonds. The third-order valence-corrected chi connectivity index (χ3v) is 3.55. The molecule has 1 unspecified atom stereocenters. The molecule has 0 heterocycles. The number of rotatable bonds is 5. The van der Waals surface area contributed by atoms with Gasteiger partial charge in [-0.15, -0.1) is 0 Å². The van der Waals surface area contributed by atoms with Gasteiger partial charge in [0.25, 0.3) is 0 Å². The molecule has 2 N–H and O–H groups in total. The number of carboxylic acid groups (broad SMARTS) is 1. The molecule has 0 saturated heterocycles. The highest BCUT2D eigenvalue weighted by molar-refractivity contribution is 5.88. The van der Waals surface area contributed by atoms with Gasteiger partial charge in [0.15, 0.2) is 0 Å². The van der Waals surface area contributed by atoms with E-state index in [1.807, 2.05) is 0 Å². The van der Waals surface area contributed by atoms with E-state index in [1.165, 1.54) is 19.1 Å². The molecule has 1 aromatic rings. The van der Waals surface area contributed by atoms with Crippen molar-refractivity contribution in [2.45, 2.75) is 31.7 Å². The molecule has 0 radical (unpaired) electrons. The van der Waals surface area contributed by atoms with Crippen LogP contribution in [-0.4, -0.2) is 22.5 Å². The average molecular weight is 265 g/mol. The van der Waals surface area contributed by atoms with E-state index >= 15 is 0 Å². The number of hydrogen-bond acceptors (Lipinski definition) is 2. The van der Waals surface area contributed by atoms with Crippen molar-refractivity contribution in [3.05, 3.63) is 35.6 Å². The Morgan fingerprint density at radius 2 is 2.05 bits per heavy atom. The van der Waals surface area contributed by atoms with Gasteiger partial charge in [-0.3, -0.25) is 4.79 Å². The summed E-state index contributed by atoms with van der Waals surface area (Å²) >= 11 is 0. The molecular formula is C14H16FNO3. The van der Waals surface area contributed by atoms with Crippen LogP contribution in [0.4, 0.5) is 4.39 Å². The normalized spacial score (nSPS) is 17.6. The zero-order valence-electron chi connectivity index (χ0n) is 10.6. The highest BCUT2D eigenvalue weighted by Crippen LogP contribution is 2.39. The SMILES string of the molecule is CC(NC(=O)Cc1ccccc1F)(C(=O)O)C1CC1. The number of carboxylic acids is 1. The van der Waals surface area contributed by atoms with E-state index in [0.717, 1.165) is 12.8 Å². The Kier molecular flexibility index (Phi) is 3.55. The lowest BCUT2D eigenvalue weighted by molar-refractivity contribution is -0.147. The molecule has 1 atom stereocenters. The molecule has 1 saturated carbocycles. The molecule has 0 aromatic heterocycles. The molecular weight excluding hydrogens is 249 g/mol. The Balaban J connectivity index is 2.05. The van der Waals surface area contributed by atoms with E-state index in [2.05, 4.69) is 5.32 Å². The van der Waals surface area contributed by atoms with Gasteiger partial charge in [0.05, 0.1) is 6.42 Å². The first-order chi connectivity index (χ1) is 8.93. The number of nitrogens with one attached hydrogen (secondary N) is 1. The topological polar surface area (TPSA) is 66.4 Å². The second-order valence-corrected chi connectivity index (χ2v) is 5.10. The van der Waals surface area contributed by atoms with Crippen LogP contribution in [0.1, 0.15) is 25.3 Å². The zero-order valence-corrected chi connectivity index (χ0v) is 10.6. The van der Waals surface area contributed by atoms with Crippen molar-refractivity contribution in [2.75, 3.05) is 0 Å². The summed E-state index contributed by atoms with van der Waals surface area (Å²) in [5.41, 5.74) is -0.981. The van der Waals surface area contributed by atoms with E-state index in [0.29, 0.717) is 0 Å². The zero-order chi connectivity index (χ0) is 14.0. The van der Waals surface area contributed by atoms with Crippen LogP contribution < -0.4 is 5.32 Å². The number of benzene rings is 1. The second-order valence-electron chi connectivity index (χ2n) is 5.10. The Morgan fingerprint density at radius 3 is 2.58 bits per heavy atom. The Bertz CT molecular complexity index is 513. The highest BCUT2D eigenvalue weighted by Gasteiger charge is 2.48. The predicted octanol–water partition coefficient (Wildman–Crippen LogP) is 1.74. The first-order valence-corrected chi connectivity index (χ1v) is 6.21. The van der Waals surface area contributed by atoms with Crippen LogP contribution in [0.25, 0.3) is 0 Å². The van der Waals surface area contributed by atoms with E-state index in [9.17, 15) is 19.1 Å². The molecule has 4 nitrogen and oxygen atoms in total. The van der Waals surface area contributed by atoms with Crippen molar-refractivity contribution in [3.63, 3.8) is 0 Å². The van der Waals surface area contributed by atoms with Crippen LogP contribution in [0.3, 0.4) is 0 Å². The van der Waals surface area contributed by atoms with Gasteiger partial charge in [0.1, 0.15) is 11.4 Å². The molecule has 0 bridgehead atoms. The average Bonchev–Trinajstić information content (AvgIpc) is 3.16. The van der Waals surface area contributed by atoms with Crippen molar-refractivity contribution < 1.29 is 19.1 Å². The smallest absolute Gasteiger partial charge is 0.329 e. The summed E-state index contributed by atoms with van der Waals surface area (Å²) < 4.78 is 13.4. The van der Waals surface area contributed by atoms with Gasteiger partial charge in [-0.1, -0.05) is 18.2 Å². The summed E-state index contributed by atoms with van der Waals surface area (Å²) in [6.45, 7) is 1.51. The first-order valence-electron chi connectivity index (χ1n) is 6.21. The van der Waals surface area contributed by atoms with Gasteiger partial charge in [0, 0.05) is 0 Å². The monoisotopic (exact) mass is 265 g/mol. The minimum Gasteiger partial charge on any atom is -0.480 e. The molecule has 0 spiro atoms. The molecule has 19 heavy (non-hydrogen) atoms. The summed E-state index contributed by atoms with van der Waals surface area (Å²) in [5.74, 6) is -2.01. The lowest BCUT2D eigenvalue weighted by Crippen LogP contribution is -2.54. The molecule has 5 heteroatoms. The Labute approximate surface area is 110 Å². The van der Waals surface area contributed by atoms with Crippen LogP contribution in [0.15, 0.2) is 24.3 Å². The fourth-order valence-corrected chi connectivity index (χ4v) is 2.14. The van der Waals surface area contributed by atoms with Crippen LogP contribution in [0.2, 0.25) is 0 Å². The summed E-state index contributed by atoms with van der Waals surface area (Å²) in [6.07, 6.45) is 1.44. The minimum absolute atomic E-state index is 0.0328. The number of carbonyl (C=O) groups is 2. The van der Waals surface area contributed by atoms with Gasteiger partial charge in [-0.25, -0.2) is 9.18 Å². The van der Waals surface area contributed by atoms with Gasteiger partial charge in [-0.05, 0) is 37.3 Å². The Morgan fingerprint density at radius 1 is 1.42 bits per heavy atom. The molecule has 1 aromatic carbocycles. The van der Waals surface area contributed by atoms with Gasteiger partial charge >= 0.3 is 5.97 Å². The third-order valence-electron chi connectivity index (χ3n) is 3.55. The number of hydrogen-bond donors (Lipinski definition) is 2. The van der Waals surface area contributed by atoms with E-state index < -0.39 is 23.2 Å². The minimum atomic E-state index is -1.25. The van der Waals surface area contributed by atoms with Crippen molar-refractivity contribution >= 4 is 11.9 Å². The van der Waals surface area contributed by atoms with Gasteiger partial charge < -0.3 is 10.4 Å². The highest BCUT2D eigenvalue weighted by atomic mass is 19.1. The lowest BCUT2D eigenvalue weighted by atomic mass is 9.95. The summed E-state index contributed by atoms with van der Waals surface area (Å²) in [5, 5.41) is 11.7. The maximum atomic E-state index is 13.4. The van der Waals surface area contributed by atoms with E-state index in [-0.39, 0.29) is 17.9 Å². The molecule has 102 valence electrons. The predicted molar refractivity (Wildman–Crippen MR) is 67.0 cm³/mol. The second kappa shape index (κ2) is 4.99. The van der Waals surface area contributed by atoms with Crippen molar-refractivity contribution in [1.82, 2.24) is 5.32 Å². The van der Waals surface area contributed by atoms with Crippen molar-refractivity contribution in [1.29, 1.82) is 0 Å². The van der Waals surface area contributed by atoms with Crippen LogP contribution >= 0.6 is 0 Å². The summed E-state index contributed by atoms with van der Waals surface area (Å²) in [6, 6.07) is 5.98. The quantitative estimate of drug-likeness (QED) is 0.852. The lowest BCUT2D eigenvalue weighted by Gasteiger charge is -2.26. The van der Waals surface area contributed by atoms with Gasteiger partial charge in [0.2, 0.25) is 5.91 Å². The molecule has 1 fully saturated rings. The fraction of sp³-hybridized carbons (Fsp3) is 0.429. The maximum absolute atomic E-state index is 13.4. The van der Waals surface area contributed by atoms with E-state index in [1.54, 1.807) is 12.1 Å². The number of halogens is 1. The molecule has 2 rings (SSSR count). The largest absolute Gasteiger partial charge is 0.480 e. The van der Waals surface area contributed by atoms with Crippen LogP contribution in [0, 0.1) is 11.7 Å². The number of amides is 1. The summed E-state index contributed by atoms with van der Waals surface area (Å²) in [7, 11) is 0. The molecule has 1 aliphatic carbocycles. The van der Waals surface area contributed by atoms with Crippen molar-refractivity contribution in [2.24, 2.45) is 5.92 Å². The number of aliphatic carboxylic acids is 1.